The van der Waals surface area contributed by atoms with Gasteiger partial charge in [-0.05, 0) is 45.2 Å². The summed E-state index contributed by atoms with van der Waals surface area (Å²) in [7, 11) is 0. The maximum Gasteiger partial charge on any atom is 0.237 e. The predicted octanol–water partition coefficient (Wildman–Crippen LogP) is 6.43. The number of hydrogen-bond donors (Lipinski definition) is 0. The Balaban J connectivity index is 1.66. The molecule has 4 heteroatoms. The number of fused-ring (bicyclic) bond motifs is 9. The number of para-hydroxylation sites is 1. The van der Waals surface area contributed by atoms with Crippen LogP contribution in [0.15, 0.2) is 85.5 Å². The van der Waals surface area contributed by atoms with Gasteiger partial charge in [0.15, 0.2) is 0 Å². The van der Waals surface area contributed by atoms with Crippen molar-refractivity contribution in [2.45, 2.75) is 19.3 Å². The van der Waals surface area contributed by atoms with Gasteiger partial charge in [0.25, 0.3) is 0 Å². The zero-order chi connectivity index (χ0) is 21.4. The summed E-state index contributed by atoms with van der Waals surface area (Å²) >= 11 is 0. The van der Waals surface area contributed by atoms with E-state index in [-0.39, 0.29) is 5.41 Å². The van der Waals surface area contributed by atoms with Crippen molar-refractivity contribution < 1.29 is 0 Å². The van der Waals surface area contributed by atoms with E-state index in [0.717, 1.165) is 11.0 Å². The highest BCUT2D eigenvalue weighted by Crippen LogP contribution is 2.52. The van der Waals surface area contributed by atoms with Gasteiger partial charge in [-0.25, -0.2) is 15.0 Å². The smallest absolute Gasteiger partial charge is 0.237 e. The molecule has 6 aromatic rings. The standard InChI is InChI=1S/C28H20N4/c1-28(2)22-9-5-3-7-17(22)19-12-11-18-20(26(19)28)13-14-24-25(18)21-8-4-6-10-23(21)32(24)27-30-15-29-16-31-27/h3-16H,1-2H3. The van der Waals surface area contributed by atoms with Crippen molar-refractivity contribution in [3.63, 3.8) is 0 Å². The summed E-state index contributed by atoms with van der Waals surface area (Å²) in [6, 6.07) is 26.4. The molecule has 1 aliphatic carbocycles. The first-order valence-corrected chi connectivity index (χ1v) is 10.9. The Labute approximate surface area is 185 Å². The van der Waals surface area contributed by atoms with Crippen LogP contribution in [0.4, 0.5) is 0 Å². The molecule has 0 amide bonds. The highest BCUT2D eigenvalue weighted by atomic mass is 15.2. The zero-order valence-corrected chi connectivity index (χ0v) is 17.9. The highest BCUT2D eigenvalue weighted by molar-refractivity contribution is 6.22. The fraction of sp³-hybridized carbons (Fsp3) is 0.107. The van der Waals surface area contributed by atoms with Crippen molar-refractivity contribution in [2.75, 3.05) is 0 Å². The lowest BCUT2D eigenvalue weighted by atomic mass is 9.80. The minimum atomic E-state index is -0.0499. The summed E-state index contributed by atoms with van der Waals surface area (Å²) in [5, 5.41) is 5.04. The molecule has 32 heavy (non-hydrogen) atoms. The monoisotopic (exact) mass is 412 g/mol. The molecule has 4 aromatic carbocycles. The molecule has 4 nitrogen and oxygen atoms in total. The molecule has 0 atom stereocenters. The number of nitrogens with zero attached hydrogens (tertiary/aromatic N) is 4. The van der Waals surface area contributed by atoms with Gasteiger partial charge in [-0.3, -0.25) is 4.57 Å². The second-order valence-corrected chi connectivity index (χ2v) is 9.00. The highest BCUT2D eigenvalue weighted by Gasteiger charge is 2.36. The first-order chi connectivity index (χ1) is 15.7. The topological polar surface area (TPSA) is 43.6 Å². The average Bonchev–Trinajstić information content (AvgIpc) is 3.29. The molecule has 0 N–H and O–H groups in total. The SMILES string of the molecule is CC1(C)c2ccccc2-c2ccc3c(ccc4c3c3ccccc3n4-c3ncncn3)c21. The predicted molar refractivity (Wildman–Crippen MR) is 129 cm³/mol. The van der Waals surface area contributed by atoms with E-state index in [1.807, 2.05) is 0 Å². The van der Waals surface area contributed by atoms with Gasteiger partial charge in [-0.15, -0.1) is 0 Å². The van der Waals surface area contributed by atoms with E-state index >= 15 is 0 Å². The van der Waals surface area contributed by atoms with Crippen molar-refractivity contribution in [1.29, 1.82) is 0 Å². The Morgan fingerprint density at radius 2 is 1.41 bits per heavy atom. The molecule has 2 heterocycles. The molecule has 0 bridgehead atoms. The third-order valence-electron chi connectivity index (χ3n) is 7.03. The molecular formula is C28H20N4. The Kier molecular flexibility index (Phi) is 3.31. The summed E-state index contributed by atoms with van der Waals surface area (Å²) in [4.78, 5) is 12.9. The van der Waals surface area contributed by atoms with E-state index < -0.39 is 0 Å². The number of rotatable bonds is 1. The van der Waals surface area contributed by atoms with Crippen molar-refractivity contribution in [3.8, 4) is 17.1 Å². The van der Waals surface area contributed by atoms with Gasteiger partial charge >= 0.3 is 0 Å². The van der Waals surface area contributed by atoms with E-state index in [4.69, 9.17) is 0 Å². The lowest BCUT2D eigenvalue weighted by molar-refractivity contribution is 0.666. The van der Waals surface area contributed by atoms with Gasteiger partial charge in [0.1, 0.15) is 12.7 Å². The van der Waals surface area contributed by atoms with Crippen molar-refractivity contribution >= 4 is 32.6 Å². The largest absolute Gasteiger partial charge is 0.278 e. The Morgan fingerprint density at radius 3 is 2.28 bits per heavy atom. The number of hydrogen-bond acceptors (Lipinski definition) is 3. The van der Waals surface area contributed by atoms with Crippen LogP contribution in [0.1, 0.15) is 25.0 Å². The molecule has 7 rings (SSSR count). The molecule has 0 saturated carbocycles. The fourth-order valence-corrected chi connectivity index (χ4v) is 5.73. The second kappa shape index (κ2) is 6.01. The molecule has 0 radical (unpaired) electrons. The summed E-state index contributed by atoms with van der Waals surface area (Å²) in [6.45, 7) is 4.69. The second-order valence-electron chi connectivity index (χ2n) is 9.00. The van der Waals surface area contributed by atoms with Crippen LogP contribution < -0.4 is 0 Å². The minimum absolute atomic E-state index is 0.0499. The van der Waals surface area contributed by atoms with Crippen molar-refractivity contribution in [2.24, 2.45) is 0 Å². The Hall–Kier alpha value is -4.05. The lowest BCUT2D eigenvalue weighted by Crippen LogP contribution is -2.15. The number of benzene rings is 4. The van der Waals surface area contributed by atoms with E-state index in [9.17, 15) is 0 Å². The molecule has 0 aliphatic heterocycles. The zero-order valence-electron chi connectivity index (χ0n) is 17.9. The summed E-state index contributed by atoms with van der Waals surface area (Å²) in [5.74, 6) is 0.638. The van der Waals surface area contributed by atoms with Gasteiger partial charge < -0.3 is 0 Å². The van der Waals surface area contributed by atoms with Gasteiger partial charge in [-0.2, -0.15) is 0 Å². The van der Waals surface area contributed by atoms with Crippen LogP contribution in [0.25, 0.3) is 49.7 Å². The molecule has 2 aromatic heterocycles. The van der Waals surface area contributed by atoms with Crippen LogP contribution in [-0.4, -0.2) is 19.5 Å². The van der Waals surface area contributed by atoms with Gasteiger partial charge in [0, 0.05) is 16.2 Å². The fourth-order valence-electron chi connectivity index (χ4n) is 5.73. The average molecular weight is 412 g/mol. The molecule has 1 aliphatic rings. The maximum absolute atomic E-state index is 4.45. The molecule has 0 fully saturated rings. The molecule has 0 saturated heterocycles. The van der Waals surface area contributed by atoms with Gasteiger partial charge in [0.05, 0.1) is 11.0 Å². The van der Waals surface area contributed by atoms with Crippen LogP contribution in [0.5, 0.6) is 0 Å². The normalized spacial score (nSPS) is 14.2. The van der Waals surface area contributed by atoms with Gasteiger partial charge in [-0.1, -0.05) is 74.5 Å². The Bertz CT molecular complexity index is 1690. The van der Waals surface area contributed by atoms with E-state index in [1.165, 1.54) is 43.8 Å². The first kappa shape index (κ1) is 17.6. The minimum Gasteiger partial charge on any atom is -0.278 e. The summed E-state index contributed by atoms with van der Waals surface area (Å²) in [6.07, 6.45) is 3.10. The first-order valence-electron chi connectivity index (χ1n) is 10.9. The summed E-state index contributed by atoms with van der Waals surface area (Å²) < 4.78 is 2.14. The summed E-state index contributed by atoms with van der Waals surface area (Å²) in [5.41, 5.74) is 7.67. The van der Waals surface area contributed by atoms with Crippen LogP contribution >= 0.6 is 0 Å². The Morgan fingerprint density at radius 1 is 0.656 bits per heavy atom. The van der Waals surface area contributed by atoms with Crippen LogP contribution in [0, 0.1) is 0 Å². The third kappa shape index (κ3) is 2.09. The van der Waals surface area contributed by atoms with Crippen LogP contribution in [0.2, 0.25) is 0 Å². The third-order valence-corrected chi connectivity index (χ3v) is 7.03. The van der Waals surface area contributed by atoms with E-state index in [0.29, 0.717) is 5.95 Å². The van der Waals surface area contributed by atoms with Crippen LogP contribution in [-0.2, 0) is 5.41 Å². The lowest BCUT2D eigenvalue weighted by Gasteiger charge is -2.23. The molecule has 0 unspecified atom stereocenters. The van der Waals surface area contributed by atoms with Crippen LogP contribution in [0.3, 0.4) is 0 Å². The van der Waals surface area contributed by atoms with Crippen molar-refractivity contribution in [1.82, 2.24) is 19.5 Å². The molecular weight excluding hydrogens is 392 g/mol. The van der Waals surface area contributed by atoms with E-state index in [2.05, 4.69) is 106 Å². The molecule has 152 valence electrons. The maximum atomic E-state index is 4.45. The quantitative estimate of drug-likeness (QED) is 0.313. The molecule has 0 spiro atoms. The van der Waals surface area contributed by atoms with Crippen molar-refractivity contribution in [3.05, 3.63) is 96.6 Å². The van der Waals surface area contributed by atoms with E-state index in [1.54, 1.807) is 12.7 Å². The van der Waals surface area contributed by atoms with Gasteiger partial charge in [0.2, 0.25) is 5.95 Å². The number of aromatic nitrogens is 4.